The molecule has 0 saturated carbocycles. The van der Waals surface area contributed by atoms with Gasteiger partial charge in [-0.05, 0) is 83.4 Å². The molecule has 3 heteroatoms. The molecule has 4 aromatic carbocycles. The molecule has 1 aromatic heterocycles. The molecular formula is C34H31N3. The number of benzene rings is 4. The van der Waals surface area contributed by atoms with Gasteiger partial charge < -0.3 is 16.0 Å². The molecule has 4 N–H and O–H groups in total. The van der Waals surface area contributed by atoms with Crippen molar-refractivity contribution < 1.29 is 0 Å². The van der Waals surface area contributed by atoms with Crippen molar-refractivity contribution in [3.8, 4) is 0 Å². The number of aromatic nitrogens is 1. The third kappa shape index (κ3) is 3.51. The molecule has 0 atom stereocenters. The molecule has 0 radical (unpaired) electrons. The smallest absolute Gasteiger partial charge is 0.0625 e. The minimum Gasteiger partial charge on any atom is -0.405 e. The van der Waals surface area contributed by atoms with Gasteiger partial charge in [-0.1, -0.05) is 79.9 Å². The van der Waals surface area contributed by atoms with E-state index in [0.717, 1.165) is 44.4 Å². The number of fused-ring (bicyclic) bond motifs is 7. The molecule has 0 bridgehead atoms. The lowest BCUT2D eigenvalue weighted by atomic mass is 9.87. The molecule has 0 amide bonds. The van der Waals surface area contributed by atoms with Crippen LogP contribution in [0.2, 0.25) is 0 Å². The van der Waals surface area contributed by atoms with Gasteiger partial charge in [0.05, 0.1) is 11.0 Å². The fourth-order valence-electron chi connectivity index (χ4n) is 5.65. The summed E-state index contributed by atoms with van der Waals surface area (Å²) in [6.45, 7) is 12.6. The summed E-state index contributed by atoms with van der Waals surface area (Å²) in [5, 5.41) is 7.06. The van der Waals surface area contributed by atoms with E-state index in [2.05, 4.69) is 84.5 Å². The van der Waals surface area contributed by atoms with Crippen molar-refractivity contribution >= 4 is 66.8 Å². The van der Waals surface area contributed by atoms with E-state index >= 15 is 0 Å². The van der Waals surface area contributed by atoms with Crippen LogP contribution in [0.4, 0.5) is 0 Å². The molecule has 5 rings (SSSR count). The summed E-state index contributed by atoms with van der Waals surface area (Å²) in [5.41, 5.74) is 19.2. The van der Waals surface area contributed by atoms with Gasteiger partial charge in [0.1, 0.15) is 0 Å². The molecule has 0 aliphatic carbocycles. The normalized spacial score (nSPS) is 13.1. The second-order valence-corrected chi connectivity index (χ2v) is 8.88. The van der Waals surface area contributed by atoms with Gasteiger partial charge in [-0.2, -0.15) is 0 Å². The number of allylic oxidation sites excluding steroid dienone is 6. The number of nitrogens with two attached hydrogens (primary N) is 2. The van der Waals surface area contributed by atoms with E-state index in [1.807, 2.05) is 38.2 Å². The summed E-state index contributed by atoms with van der Waals surface area (Å²) in [7, 11) is 0. The average Bonchev–Trinajstić information content (AvgIpc) is 3.28. The van der Waals surface area contributed by atoms with Gasteiger partial charge in [0.25, 0.3) is 0 Å². The van der Waals surface area contributed by atoms with Crippen LogP contribution in [0.15, 0.2) is 104 Å². The average molecular weight is 482 g/mol. The van der Waals surface area contributed by atoms with Crippen LogP contribution in [0.25, 0.3) is 66.8 Å². The summed E-state index contributed by atoms with van der Waals surface area (Å²) in [6.07, 6.45) is 15.1. The summed E-state index contributed by atoms with van der Waals surface area (Å²) in [5.74, 6) is 0. The van der Waals surface area contributed by atoms with Gasteiger partial charge in [-0.25, -0.2) is 0 Å². The Labute approximate surface area is 217 Å². The molecule has 1 heterocycles. The molecule has 0 saturated heterocycles. The lowest BCUT2D eigenvalue weighted by Gasteiger charge is -2.18. The van der Waals surface area contributed by atoms with E-state index in [1.165, 1.54) is 26.9 Å². The Morgan fingerprint density at radius 2 is 1.38 bits per heavy atom. The first-order valence-corrected chi connectivity index (χ1v) is 12.4. The fourth-order valence-corrected chi connectivity index (χ4v) is 5.65. The molecule has 0 aliphatic rings. The van der Waals surface area contributed by atoms with E-state index in [-0.39, 0.29) is 0 Å². The van der Waals surface area contributed by atoms with Crippen LogP contribution >= 0.6 is 0 Å². The largest absolute Gasteiger partial charge is 0.405 e. The quantitative estimate of drug-likeness (QED) is 0.188. The maximum absolute atomic E-state index is 5.88. The first-order chi connectivity index (χ1) is 18.1. The van der Waals surface area contributed by atoms with Crippen molar-refractivity contribution in [2.75, 3.05) is 0 Å². The van der Waals surface area contributed by atoms with E-state index in [0.29, 0.717) is 0 Å². The van der Waals surface area contributed by atoms with Gasteiger partial charge in [-0.15, -0.1) is 0 Å². The summed E-state index contributed by atoms with van der Waals surface area (Å²) >= 11 is 0. The van der Waals surface area contributed by atoms with Crippen LogP contribution in [0, 0.1) is 0 Å². The van der Waals surface area contributed by atoms with Crippen LogP contribution in [-0.4, -0.2) is 4.57 Å². The van der Waals surface area contributed by atoms with Gasteiger partial charge in [0.2, 0.25) is 0 Å². The van der Waals surface area contributed by atoms with Crippen molar-refractivity contribution in [3.63, 3.8) is 0 Å². The fraction of sp³-hybridized carbons (Fsp3) is 0.0588. The summed E-state index contributed by atoms with van der Waals surface area (Å²) < 4.78 is 2.29. The maximum atomic E-state index is 5.88. The monoisotopic (exact) mass is 481 g/mol. The van der Waals surface area contributed by atoms with Crippen LogP contribution in [0.3, 0.4) is 0 Å². The highest BCUT2D eigenvalue weighted by atomic mass is 15.0. The number of para-hydroxylation sites is 1. The highest BCUT2D eigenvalue weighted by Gasteiger charge is 2.22. The Balaban J connectivity index is 2.19. The molecule has 0 fully saturated rings. The van der Waals surface area contributed by atoms with E-state index in [1.54, 1.807) is 12.4 Å². The molecule has 3 nitrogen and oxygen atoms in total. The topological polar surface area (TPSA) is 57.0 Å². The number of hydrogen-bond donors (Lipinski definition) is 2. The first kappa shape index (κ1) is 24.0. The molecule has 0 spiro atoms. The van der Waals surface area contributed by atoms with Crippen LogP contribution in [-0.2, 0) is 0 Å². The van der Waals surface area contributed by atoms with Crippen molar-refractivity contribution in [2.24, 2.45) is 11.5 Å². The summed E-state index contributed by atoms with van der Waals surface area (Å²) in [4.78, 5) is 0. The Morgan fingerprint density at radius 1 is 0.730 bits per heavy atom. The minimum absolute atomic E-state index is 0.997. The summed E-state index contributed by atoms with van der Waals surface area (Å²) in [6, 6.07) is 19.4. The zero-order valence-corrected chi connectivity index (χ0v) is 21.3. The van der Waals surface area contributed by atoms with Crippen molar-refractivity contribution in [1.29, 1.82) is 0 Å². The highest BCUT2D eigenvalue weighted by molar-refractivity contribution is 6.32. The van der Waals surface area contributed by atoms with Crippen molar-refractivity contribution in [2.45, 2.75) is 13.8 Å². The van der Waals surface area contributed by atoms with E-state index in [9.17, 15) is 0 Å². The lowest BCUT2D eigenvalue weighted by Crippen LogP contribution is -1.99. The van der Waals surface area contributed by atoms with E-state index in [4.69, 9.17) is 11.5 Å². The van der Waals surface area contributed by atoms with Gasteiger partial charge in [-0.3, -0.25) is 0 Å². The molecule has 37 heavy (non-hydrogen) atoms. The van der Waals surface area contributed by atoms with E-state index < -0.39 is 0 Å². The number of hydrogen-bond acceptors (Lipinski definition) is 2. The zero-order valence-electron chi connectivity index (χ0n) is 21.3. The first-order valence-electron chi connectivity index (χ1n) is 12.4. The Morgan fingerprint density at radius 3 is 2.00 bits per heavy atom. The molecule has 0 unspecified atom stereocenters. The Bertz CT molecular complexity index is 1840. The Hall–Kier alpha value is -4.76. The highest BCUT2D eigenvalue weighted by Crippen LogP contribution is 2.46. The second kappa shape index (κ2) is 9.71. The standard InChI is InChI=1S/C34H31N3/c1-5-22(17-19-35)29-21-30-24(7-3)25(8-4)34-33(32(30)27-14-10-9-13-26(27)29)28-15-11-12-16-31(28)37(34)23(6-2)18-20-36/h5-21H,3-4,35-36H2,1-2H3/b19-17-,20-18-,22-5+,23-6+. The Kier molecular flexibility index (Phi) is 6.29. The van der Waals surface area contributed by atoms with Gasteiger partial charge in [0, 0.05) is 27.4 Å². The third-order valence-corrected chi connectivity index (χ3v) is 7.13. The molecule has 0 aliphatic heterocycles. The maximum Gasteiger partial charge on any atom is 0.0625 e. The predicted octanol–water partition coefficient (Wildman–Crippen LogP) is 8.60. The third-order valence-electron chi connectivity index (χ3n) is 7.13. The zero-order chi connectivity index (χ0) is 26.1. The van der Waals surface area contributed by atoms with Crippen molar-refractivity contribution in [1.82, 2.24) is 4.57 Å². The number of rotatable bonds is 6. The molecular weight excluding hydrogens is 450 g/mol. The second-order valence-electron chi connectivity index (χ2n) is 8.88. The molecule has 182 valence electrons. The molecule has 5 aromatic rings. The van der Waals surface area contributed by atoms with Crippen LogP contribution < -0.4 is 11.5 Å². The number of nitrogens with zero attached hydrogens (tertiary/aromatic N) is 1. The SMILES string of the molecule is C=Cc1c(C=C)c2c(c3ccccc3n2C(/C=C\N)=C/C)c2c1cc(C(/C=C\N)=C/C)c1ccccc12. The van der Waals surface area contributed by atoms with Crippen molar-refractivity contribution in [3.05, 3.63) is 121 Å². The van der Waals surface area contributed by atoms with Crippen LogP contribution in [0.5, 0.6) is 0 Å². The van der Waals surface area contributed by atoms with Gasteiger partial charge >= 0.3 is 0 Å². The lowest BCUT2D eigenvalue weighted by molar-refractivity contribution is 1.22. The van der Waals surface area contributed by atoms with Gasteiger partial charge in [0.15, 0.2) is 0 Å². The predicted molar refractivity (Wildman–Crippen MR) is 165 cm³/mol. The van der Waals surface area contributed by atoms with Crippen LogP contribution in [0.1, 0.15) is 30.5 Å². The minimum atomic E-state index is 0.997.